The molecule has 1 aliphatic rings. The van der Waals surface area contributed by atoms with E-state index in [0.29, 0.717) is 6.10 Å². The highest BCUT2D eigenvalue weighted by atomic mass is 79.9. The van der Waals surface area contributed by atoms with Crippen LogP contribution in [0.2, 0.25) is 0 Å². The van der Waals surface area contributed by atoms with Gasteiger partial charge in [-0.15, -0.1) is 0 Å². The molecule has 20 heavy (non-hydrogen) atoms. The van der Waals surface area contributed by atoms with Crippen LogP contribution in [0, 0.1) is 0 Å². The molecule has 1 N–H and O–H groups in total. The average molecular weight is 341 g/mol. The lowest BCUT2D eigenvalue weighted by molar-refractivity contribution is 0.0440. The monoisotopic (exact) mass is 340 g/mol. The second-order valence-corrected chi connectivity index (χ2v) is 6.30. The molecule has 112 valence electrons. The number of anilines is 1. The molecule has 0 saturated carbocycles. The van der Waals surface area contributed by atoms with Gasteiger partial charge in [0.2, 0.25) is 0 Å². The smallest absolute Gasteiger partial charge is 0.0750 e. The highest BCUT2D eigenvalue weighted by Crippen LogP contribution is 2.28. The molecule has 0 amide bonds. The SMILES string of the molecule is CCCOC1CCCN(c2cc(Br)ccc2CNC)C1. The van der Waals surface area contributed by atoms with E-state index < -0.39 is 0 Å². The third kappa shape index (κ3) is 4.21. The van der Waals surface area contributed by atoms with E-state index in [1.165, 1.54) is 24.1 Å². The standard InChI is InChI=1S/C16H25BrN2O/c1-3-9-20-15-5-4-8-19(12-15)16-10-14(17)7-6-13(16)11-18-2/h6-7,10,15,18H,3-5,8-9,11-12H2,1-2H3. The van der Waals surface area contributed by atoms with E-state index in [1.54, 1.807) is 0 Å². The number of piperidine rings is 1. The van der Waals surface area contributed by atoms with Gasteiger partial charge in [0.05, 0.1) is 6.10 Å². The Morgan fingerprint density at radius 1 is 1.45 bits per heavy atom. The van der Waals surface area contributed by atoms with Gasteiger partial charge in [-0.2, -0.15) is 0 Å². The number of ether oxygens (including phenoxy) is 1. The highest BCUT2D eigenvalue weighted by molar-refractivity contribution is 9.10. The van der Waals surface area contributed by atoms with Crippen molar-refractivity contribution in [3.63, 3.8) is 0 Å². The molecule has 1 atom stereocenters. The first-order valence-corrected chi connectivity index (χ1v) is 8.33. The van der Waals surface area contributed by atoms with Crippen molar-refractivity contribution in [3.8, 4) is 0 Å². The summed E-state index contributed by atoms with van der Waals surface area (Å²) in [7, 11) is 2.00. The predicted octanol–water partition coefficient (Wildman–Crippen LogP) is 3.56. The first-order chi connectivity index (χ1) is 9.74. The second kappa shape index (κ2) is 8.01. The Balaban J connectivity index is 2.11. The molecule has 2 rings (SSSR count). The zero-order valence-corrected chi connectivity index (χ0v) is 14.1. The Kier molecular flexibility index (Phi) is 6.33. The summed E-state index contributed by atoms with van der Waals surface area (Å²) in [6.07, 6.45) is 3.87. The lowest BCUT2D eigenvalue weighted by atomic mass is 10.0. The molecule has 3 nitrogen and oxygen atoms in total. The normalized spacial score (nSPS) is 19.4. The van der Waals surface area contributed by atoms with E-state index in [0.717, 1.165) is 37.1 Å². The maximum absolute atomic E-state index is 5.94. The summed E-state index contributed by atoms with van der Waals surface area (Å²) < 4.78 is 7.09. The van der Waals surface area contributed by atoms with Crippen LogP contribution in [-0.2, 0) is 11.3 Å². The van der Waals surface area contributed by atoms with Gasteiger partial charge in [0, 0.05) is 36.4 Å². The summed E-state index contributed by atoms with van der Waals surface area (Å²) in [6.45, 7) is 6.08. The van der Waals surface area contributed by atoms with Gasteiger partial charge >= 0.3 is 0 Å². The minimum absolute atomic E-state index is 0.380. The van der Waals surface area contributed by atoms with Gasteiger partial charge in [0.25, 0.3) is 0 Å². The van der Waals surface area contributed by atoms with Crippen molar-refractivity contribution in [2.45, 2.75) is 38.8 Å². The van der Waals surface area contributed by atoms with E-state index in [1.807, 2.05) is 7.05 Å². The van der Waals surface area contributed by atoms with Crippen LogP contribution >= 0.6 is 15.9 Å². The first-order valence-electron chi connectivity index (χ1n) is 7.54. The summed E-state index contributed by atoms with van der Waals surface area (Å²) in [4.78, 5) is 2.47. The molecule has 0 spiro atoms. The largest absolute Gasteiger partial charge is 0.376 e. The van der Waals surface area contributed by atoms with Gasteiger partial charge in [0.15, 0.2) is 0 Å². The molecule has 1 aromatic carbocycles. The minimum Gasteiger partial charge on any atom is -0.376 e. The molecular formula is C16H25BrN2O. The van der Waals surface area contributed by atoms with Gasteiger partial charge in [-0.25, -0.2) is 0 Å². The minimum atomic E-state index is 0.380. The molecule has 4 heteroatoms. The van der Waals surface area contributed by atoms with Gasteiger partial charge < -0.3 is 15.0 Å². The zero-order chi connectivity index (χ0) is 14.4. The lowest BCUT2D eigenvalue weighted by Gasteiger charge is -2.35. The van der Waals surface area contributed by atoms with E-state index in [4.69, 9.17) is 4.74 Å². The number of hydrogen-bond donors (Lipinski definition) is 1. The van der Waals surface area contributed by atoms with E-state index in [-0.39, 0.29) is 0 Å². The van der Waals surface area contributed by atoms with Gasteiger partial charge in [-0.3, -0.25) is 0 Å². The summed E-state index contributed by atoms with van der Waals surface area (Å²) in [6, 6.07) is 6.55. The van der Waals surface area contributed by atoms with Crippen LogP contribution < -0.4 is 10.2 Å². The number of halogens is 1. The Hall–Kier alpha value is -0.580. The Morgan fingerprint density at radius 3 is 3.05 bits per heavy atom. The summed E-state index contributed by atoms with van der Waals surface area (Å²) in [5, 5.41) is 3.26. The van der Waals surface area contributed by atoms with Crippen molar-refractivity contribution in [2.24, 2.45) is 0 Å². The molecular weight excluding hydrogens is 316 g/mol. The van der Waals surface area contributed by atoms with Gasteiger partial charge in [-0.05, 0) is 44.0 Å². The molecule has 0 radical (unpaired) electrons. The average Bonchev–Trinajstić information content (AvgIpc) is 2.47. The van der Waals surface area contributed by atoms with Crippen molar-refractivity contribution < 1.29 is 4.74 Å². The van der Waals surface area contributed by atoms with Gasteiger partial charge in [-0.1, -0.05) is 28.9 Å². The zero-order valence-electron chi connectivity index (χ0n) is 12.5. The third-order valence-electron chi connectivity index (χ3n) is 3.69. The molecule has 1 aromatic rings. The first kappa shape index (κ1) is 15.8. The molecule has 0 aliphatic carbocycles. The lowest BCUT2D eigenvalue weighted by Crippen LogP contribution is -2.40. The highest BCUT2D eigenvalue weighted by Gasteiger charge is 2.22. The fourth-order valence-electron chi connectivity index (χ4n) is 2.75. The molecule has 0 bridgehead atoms. The van der Waals surface area contributed by atoms with E-state index in [9.17, 15) is 0 Å². The van der Waals surface area contributed by atoms with Crippen molar-refractivity contribution >= 4 is 21.6 Å². The number of nitrogens with one attached hydrogen (secondary N) is 1. The molecule has 1 heterocycles. The number of benzene rings is 1. The van der Waals surface area contributed by atoms with Gasteiger partial charge in [0.1, 0.15) is 0 Å². The fraction of sp³-hybridized carbons (Fsp3) is 0.625. The molecule has 1 aliphatic heterocycles. The van der Waals surface area contributed by atoms with Crippen molar-refractivity contribution in [3.05, 3.63) is 28.2 Å². The van der Waals surface area contributed by atoms with E-state index >= 15 is 0 Å². The van der Waals surface area contributed by atoms with Crippen molar-refractivity contribution in [1.82, 2.24) is 5.32 Å². The molecule has 1 unspecified atom stereocenters. The van der Waals surface area contributed by atoms with Crippen LogP contribution in [0.25, 0.3) is 0 Å². The predicted molar refractivity (Wildman–Crippen MR) is 88.4 cm³/mol. The van der Waals surface area contributed by atoms with Crippen molar-refractivity contribution in [2.75, 3.05) is 31.6 Å². The van der Waals surface area contributed by atoms with Crippen LogP contribution in [0.1, 0.15) is 31.7 Å². The summed E-state index contributed by atoms with van der Waals surface area (Å²) >= 11 is 3.59. The Bertz CT molecular complexity index is 425. The van der Waals surface area contributed by atoms with Crippen LogP contribution in [-0.4, -0.2) is 32.8 Å². The molecule has 0 aromatic heterocycles. The fourth-order valence-corrected chi connectivity index (χ4v) is 3.10. The Labute approximate surface area is 130 Å². The number of hydrogen-bond acceptors (Lipinski definition) is 3. The summed E-state index contributed by atoms with van der Waals surface area (Å²) in [5.74, 6) is 0. The molecule has 1 fully saturated rings. The third-order valence-corrected chi connectivity index (χ3v) is 4.18. The van der Waals surface area contributed by atoms with Crippen LogP contribution in [0.4, 0.5) is 5.69 Å². The van der Waals surface area contributed by atoms with Crippen molar-refractivity contribution in [1.29, 1.82) is 0 Å². The van der Waals surface area contributed by atoms with E-state index in [2.05, 4.69) is 51.3 Å². The Morgan fingerprint density at radius 2 is 2.30 bits per heavy atom. The van der Waals surface area contributed by atoms with Crippen LogP contribution in [0.15, 0.2) is 22.7 Å². The second-order valence-electron chi connectivity index (χ2n) is 5.38. The number of rotatable bonds is 6. The quantitative estimate of drug-likeness (QED) is 0.856. The topological polar surface area (TPSA) is 24.5 Å². The van der Waals surface area contributed by atoms with Crippen LogP contribution in [0.5, 0.6) is 0 Å². The van der Waals surface area contributed by atoms with Crippen LogP contribution in [0.3, 0.4) is 0 Å². The summed E-state index contributed by atoms with van der Waals surface area (Å²) in [5.41, 5.74) is 2.69. The molecule has 1 saturated heterocycles. The number of nitrogens with zero attached hydrogens (tertiary/aromatic N) is 1. The maximum atomic E-state index is 5.94. The maximum Gasteiger partial charge on any atom is 0.0750 e.